The predicted octanol–water partition coefficient (Wildman–Crippen LogP) is 3.21. The predicted molar refractivity (Wildman–Crippen MR) is 97.6 cm³/mol. The molecular weight excluding hydrogens is 326 g/mol. The molecule has 1 heterocycles. The Bertz CT molecular complexity index is 697. The van der Waals surface area contributed by atoms with Gasteiger partial charge < -0.3 is 5.32 Å². The fourth-order valence-electron chi connectivity index (χ4n) is 2.12. The summed E-state index contributed by atoms with van der Waals surface area (Å²) in [4.78, 5) is 11.8. The van der Waals surface area contributed by atoms with Crippen LogP contribution in [0.1, 0.15) is 31.0 Å². The molecule has 1 aromatic carbocycles. The first-order valence-corrected chi connectivity index (χ1v) is 8.33. The topological polar surface area (TPSA) is 71.3 Å². The monoisotopic (exact) mass is 347 g/mol. The maximum absolute atomic E-state index is 11.8. The number of rotatable bonds is 8. The van der Waals surface area contributed by atoms with Crippen molar-refractivity contribution < 1.29 is 4.79 Å². The maximum Gasteiger partial charge on any atom is 0.259 e. The van der Waals surface area contributed by atoms with Gasteiger partial charge >= 0.3 is 0 Å². The summed E-state index contributed by atoms with van der Waals surface area (Å²) in [6, 6.07) is 9.51. The van der Waals surface area contributed by atoms with Crippen molar-refractivity contribution in [1.82, 2.24) is 15.2 Å². The number of amides is 1. The third kappa shape index (κ3) is 5.09. The van der Waals surface area contributed by atoms with E-state index in [-0.39, 0.29) is 12.5 Å². The third-order valence-electron chi connectivity index (χ3n) is 3.44. The number of anilines is 1. The molecule has 0 saturated carbocycles. The van der Waals surface area contributed by atoms with Gasteiger partial charge in [0.05, 0.1) is 24.0 Å². The first kappa shape index (κ1) is 18.0. The number of nitrogens with one attached hydrogen (secondary N) is 2. The van der Waals surface area contributed by atoms with Crippen molar-refractivity contribution >= 4 is 29.4 Å². The number of carbonyl (C=O) groups is 1. The zero-order chi connectivity index (χ0) is 17.4. The molecule has 0 spiro atoms. The first-order valence-electron chi connectivity index (χ1n) is 7.95. The molecule has 0 aliphatic heterocycles. The zero-order valence-electron chi connectivity index (χ0n) is 13.9. The van der Waals surface area contributed by atoms with Crippen LogP contribution in [0.5, 0.6) is 0 Å². The molecule has 0 saturated heterocycles. The molecule has 0 bridgehead atoms. The molecule has 2 aromatic rings. The van der Waals surface area contributed by atoms with E-state index in [2.05, 4.69) is 27.9 Å². The Labute approximate surface area is 146 Å². The fraction of sp³-hybridized carbons (Fsp3) is 0.353. The molecule has 7 heteroatoms. The zero-order valence-corrected chi connectivity index (χ0v) is 14.7. The number of benzene rings is 1. The number of nitrogens with zero attached hydrogens (tertiary/aromatic N) is 3. The third-order valence-corrected chi connectivity index (χ3v) is 3.84. The summed E-state index contributed by atoms with van der Waals surface area (Å²) in [5.74, 6) is -0.234. The maximum atomic E-state index is 11.8. The molecule has 0 fully saturated rings. The highest BCUT2D eigenvalue weighted by atomic mass is 35.5. The van der Waals surface area contributed by atoms with Crippen molar-refractivity contribution in [3.63, 3.8) is 0 Å². The van der Waals surface area contributed by atoms with Gasteiger partial charge in [0.25, 0.3) is 5.91 Å². The minimum atomic E-state index is -0.234. The van der Waals surface area contributed by atoms with E-state index in [1.165, 1.54) is 6.21 Å². The molecule has 1 amide bonds. The lowest BCUT2D eigenvalue weighted by molar-refractivity contribution is -0.119. The molecule has 0 aliphatic rings. The summed E-state index contributed by atoms with van der Waals surface area (Å²) >= 11 is 6.31. The van der Waals surface area contributed by atoms with Gasteiger partial charge in [-0.05, 0) is 25.5 Å². The highest BCUT2D eigenvalue weighted by molar-refractivity contribution is 6.32. The van der Waals surface area contributed by atoms with Crippen LogP contribution in [0, 0.1) is 6.92 Å². The van der Waals surface area contributed by atoms with Gasteiger partial charge in [-0.2, -0.15) is 10.2 Å². The molecule has 0 atom stereocenters. The Morgan fingerprint density at radius 3 is 2.83 bits per heavy atom. The van der Waals surface area contributed by atoms with Gasteiger partial charge in [0.2, 0.25) is 0 Å². The van der Waals surface area contributed by atoms with Crippen LogP contribution in [0.25, 0.3) is 0 Å². The lowest BCUT2D eigenvalue weighted by atomic mass is 10.3. The van der Waals surface area contributed by atoms with Crippen molar-refractivity contribution in [3.05, 3.63) is 46.7 Å². The quantitative estimate of drug-likeness (QED) is 0.569. The van der Waals surface area contributed by atoms with Gasteiger partial charge in [-0.15, -0.1) is 0 Å². The Morgan fingerprint density at radius 1 is 1.38 bits per heavy atom. The van der Waals surface area contributed by atoms with E-state index in [1.54, 1.807) is 4.68 Å². The minimum absolute atomic E-state index is 0.143. The van der Waals surface area contributed by atoms with E-state index >= 15 is 0 Å². The van der Waals surface area contributed by atoms with Gasteiger partial charge in [-0.3, -0.25) is 9.48 Å². The molecule has 0 aliphatic carbocycles. The summed E-state index contributed by atoms with van der Waals surface area (Å²) in [6.45, 7) is 4.90. The summed E-state index contributed by atoms with van der Waals surface area (Å²) in [7, 11) is 0. The van der Waals surface area contributed by atoms with Crippen LogP contribution < -0.4 is 10.7 Å². The van der Waals surface area contributed by atoms with Gasteiger partial charge in [0.1, 0.15) is 5.15 Å². The van der Waals surface area contributed by atoms with E-state index in [1.807, 2.05) is 37.3 Å². The molecule has 1 aromatic heterocycles. The number of hydrogen-bond donors (Lipinski definition) is 2. The molecule has 0 unspecified atom stereocenters. The molecule has 6 nitrogen and oxygen atoms in total. The number of aromatic nitrogens is 2. The number of carbonyl (C=O) groups excluding carboxylic acids is 1. The van der Waals surface area contributed by atoms with Crippen LogP contribution in [-0.4, -0.2) is 28.4 Å². The van der Waals surface area contributed by atoms with Crippen molar-refractivity contribution in [1.29, 1.82) is 0 Å². The minimum Gasteiger partial charge on any atom is -0.376 e. The van der Waals surface area contributed by atoms with Crippen LogP contribution in [0.2, 0.25) is 5.15 Å². The van der Waals surface area contributed by atoms with Crippen molar-refractivity contribution in [2.75, 3.05) is 11.9 Å². The second-order valence-corrected chi connectivity index (χ2v) is 5.74. The summed E-state index contributed by atoms with van der Waals surface area (Å²) in [5, 5.41) is 11.9. The highest BCUT2D eigenvalue weighted by Crippen LogP contribution is 2.18. The SMILES string of the molecule is CCCCn1nc(C)c(/C=N\NC(=O)CNc2ccccc2)c1Cl. The van der Waals surface area contributed by atoms with Crippen LogP contribution in [0.15, 0.2) is 35.4 Å². The first-order chi connectivity index (χ1) is 11.6. The number of hydrazone groups is 1. The van der Waals surface area contributed by atoms with Crippen molar-refractivity contribution in [2.45, 2.75) is 33.2 Å². The van der Waals surface area contributed by atoms with E-state index in [0.29, 0.717) is 5.15 Å². The number of para-hydroxylation sites is 1. The molecule has 24 heavy (non-hydrogen) atoms. The van der Waals surface area contributed by atoms with Crippen LogP contribution in [-0.2, 0) is 11.3 Å². The van der Waals surface area contributed by atoms with Crippen LogP contribution in [0.4, 0.5) is 5.69 Å². The Kier molecular flexibility index (Phi) is 6.81. The number of hydrogen-bond acceptors (Lipinski definition) is 4. The van der Waals surface area contributed by atoms with Crippen molar-refractivity contribution in [2.24, 2.45) is 5.10 Å². The van der Waals surface area contributed by atoms with Gasteiger partial charge in [0, 0.05) is 12.2 Å². The van der Waals surface area contributed by atoms with E-state index in [4.69, 9.17) is 11.6 Å². The molecule has 0 radical (unpaired) electrons. The summed E-state index contributed by atoms with van der Waals surface area (Å²) in [6.07, 6.45) is 3.62. The second kappa shape index (κ2) is 9.08. The largest absolute Gasteiger partial charge is 0.376 e. The number of aryl methyl sites for hydroxylation is 2. The van der Waals surface area contributed by atoms with Crippen LogP contribution in [0.3, 0.4) is 0 Å². The smallest absolute Gasteiger partial charge is 0.259 e. The second-order valence-electron chi connectivity index (χ2n) is 5.38. The molecule has 2 N–H and O–H groups in total. The Balaban J connectivity index is 1.87. The van der Waals surface area contributed by atoms with Gasteiger partial charge in [-0.1, -0.05) is 43.1 Å². The average Bonchev–Trinajstić information content (AvgIpc) is 2.86. The van der Waals surface area contributed by atoms with Crippen molar-refractivity contribution in [3.8, 4) is 0 Å². The Hall–Kier alpha value is -2.34. The van der Waals surface area contributed by atoms with E-state index in [9.17, 15) is 4.79 Å². The standard InChI is InChI=1S/C17H22ClN5O/c1-3-4-10-23-17(18)15(13(2)22-23)11-20-21-16(24)12-19-14-8-6-5-7-9-14/h5-9,11,19H,3-4,10,12H2,1-2H3,(H,21,24)/b20-11-. The Morgan fingerprint density at radius 2 is 2.12 bits per heavy atom. The van der Waals surface area contributed by atoms with Gasteiger partial charge in [-0.25, -0.2) is 5.43 Å². The van der Waals surface area contributed by atoms with Crippen LogP contribution >= 0.6 is 11.6 Å². The summed E-state index contributed by atoms with van der Waals surface area (Å²) in [5.41, 5.74) is 4.88. The van der Waals surface area contributed by atoms with E-state index < -0.39 is 0 Å². The summed E-state index contributed by atoms with van der Waals surface area (Å²) < 4.78 is 1.76. The molecule has 128 valence electrons. The normalized spacial score (nSPS) is 11.0. The lowest BCUT2D eigenvalue weighted by Gasteiger charge is -2.04. The number of unbranched alkanes of at least 4 members (excludes halogenated alkanes) is 1. The number of halogens is 1. The molecule has 2 rings (SSSR count). The molecular formula is C17H22ClN5O. The average molecular weight is 348 g/mol. The van der Waals surface area contributed by atoms with E-state index in [0.717, 1.165) is 36.3 Å². The fourth-order valence-corrected chi connectivity index (χ4v) is 2.42. The highest BCUT2D eigenvalue weighted by Gasteiger charge is 2.11. The lowest BCUT2D eigenvalue weighted by Crippen LogP contribution is -2.25. The van der Waals surface area contributed by atoms with Gasteiger partial charge in [0.15, 0.2) is 0 Å².